The van der Waals surface area contributed by atoms with Crippen LogP contribution in [0.5, 0.6) is 0 Å². The summed E-state index contributed by atoms with van der Waals surface area (Å²) in [4.78, 5) is 11.3. The quantitative estimate of drug-likeness (QED) is 0.314. The van der Waals surface area contributed by atoms with Crippen molar-refractivity contribution in [2.45, 2.75) is 42.8 Å². The van der Waals surface area contributed by atoms with E-state index >= 15 is 0 Å². The Morgan fingerprint density at radius 3 is 1.65 bits per heavy atom. The molecule has 31 heavy (non-hydrogen) atoms. The molecule has 0 aromatic heterocycles. The topological polar surface area (TPSA) is 113 Å². The van der Waals surface area contributed by atoms with Crippen LogP contribution in [0, 0.1) is 13.8 Å². The van der Waals surface area contributed by atoms with Crippen LogP contribution in [0.3, 0.4) is 0 Å². The number of hydrogen-bond donors (Lipinski definition) is 0. The number of aryl methyl sites for hydroxylation is 2. The molecule has 0 unspecified atom stereocenters. The maximum absolute atomic E-state index is 12.7. The molecule has 2 atom stereocenters. The summed E-state index contributed by atoms with van der Waals surface area (Å²) in [5.41, 5.74) is 1.71. The van der Waals surface area contributed by atoms with Crippen LogP contribution in [-0.2, 0) is 38.1 Å². The van der Waals surface area contributed by atoms with Crippen LogP contribution in [0.25, 0.3) is 0 Å². The summed E-state index contributed by atoms with van der Waals surface area (Å²) in [5, 5.41) is 0. The maximum Gasteiger partial charge on any atom is 0.330 e. The highest BCUT2D eigenvalue weighted by Crippen LogP contribution is 2.22. The van der Waals surface area contributed by atoms with E-state index in [2.05, 4.69) is 4.74 Å². The monoisotopic (exact) mass is 468 g/mol. The number of carbonyl (C=O) groups is 1. The van der Waals surface area contributed by atoms with Crippen molar-refractivity contribution < 1.29 is 34.7 Å². The standard InChI is InChI=1S/C21H24O8S2/c1-15-5-9-18(10-6-15)30(23,24)28-17(3)20(13-14-21(22)27-4)29-31(25,26)19-11-7-16(2)8-12-19/h5-14,17,20H,1-4H3/b14-13+/t17-,20-/m0/s1. The van der Waals surface area contributed by atoms with E-state index in [0.717, 1.165) is 30.4 Å². The first kappa shape index (κ1) is 24.7. The molecule has 2 aromatic carbocycles. The predicted octanol–water partition coefficient (Wildman–Crippen LogP) is 2.90. The molecule has 0 aliphatic carbocycles. The molecule has 0 heterocycles. The molecule has 0 saturated heterocycles. The maximum atomic E-state index is 12.7. The van der Waals surface area contributed by atoms with Crippen LogP contribution in [-0.4, -0.2) is 42.1 Å². The van der Waals surface area contributed by atoms with Crippen LogP contribution >= 0.6 is 0 Å². The Hall–Kier alpha value is -2.53. The number of methoxy groups -OCH3 is 1. The minimum atomic E-state index is -4.28. The Kier molecular flexibility index (Phi) is 8.13. The van der Waals surface area contributed by atoms with Crippen LogP contribution < -0.4 is 0 Å². The highest BCUT2D eigenvalue weighted by atomic mass is 32.2. The van der Waals surface area contributed by atoms with E-state index in [4.69, 9.17) is 8.37 Å². The average Bonchev–Trinajstić information content (AvgIpc) is 2.71. The van der Waals surface area contributed by atoms with Gasteiger partial charge in [0.1, 0.15) is 12.2 Å². The predicted molar refractivity (Wildman–Crippen MR) is 113 cm³/mol. The number of carbonyl (C=O) groups excluding carboxylic acids is 1. The van der Waals surface area contributed by atoms with Crippen LogP contribution in [0.2, 0.25) is 0 Å². The minimum absolute atomic E-state index is 0.0953. The first-order chi connectivity index (χ1) is 14.4. The molecule has 2 rings (SSSR count). The van der Waals surface area contributed by atoms with Crippen molar-refractivity contribution in [3.8, 4) is 0 Å². The largest absolute Gasteiger partial charge is 0.466 e. The summed E-state index contributed by atoms with van der Waals surface area (Å²) in [6.45, 7) is 4.92. The lowest BCUT2D eigenvalue weighted by atomic mass is 10.2. The molecule has 0 saturated carbocycles. The Morgan fingerprint density at radius 2 is 1.23 bits per heavy atom. The Morgan fingerprint density at radius 1 is 0.806 bits per heavy atom. The van der Waals surface area contributed by atoms with Crippen molar-refractivity contribution in [1.29, 1.82) is 0 Å². The Labute approximate surface area is 182 Å². The van der Waals surface area contributed by atoms with E-state index in [1.165, 1.54) is 31.2 Å². The Bertz CT molecular complexity index is 1130. The van der Waals surface area contributed by atoms with Crippen molar-refractivity contribution in [1.82, 2.24) is 0 Å². The SMILES string of the molecule is COC(=O)/C=C/[C@H](OS(=O)(=O)c1ccc(C)cc1)[C@H](C)OS(=O)(=O)c1ccc(C)cc1. The first-order valence-electron chi connectivity index (χ1n) is 9.20. The zero-order valence-corrected chi connectivity index (χ0v) is 19.1. The van der Waals surface area contributed by atoms with Gasteiger partial charge in [0.2, 0.25) is 0 Å². The summed E-state index contributed by atoms with van der Waals surface area (Å²) in [5.74, 6) is -0.769. The van der Waals surface area contributed by atoms with Gasteiger partial charge in [-0.1, -0.05) is 35.4 Å². The summed E-state index contributed by atoms with van der Waals surface area (Å²) in [6, 6.07) is 11.9. The highest BCUT2D eigenvalue weighted by molar-refractivity contribution is 7.87. The van der Waals surface area contributed by atoms with Gasteiger partial charge in [0, 0.05) is 6.08 Å². The number of hydrogen-bond acceptors (Lipinski definition) is 8. The number of ether oxygens (including phenoxy) is 1. The third-order valence-electron chi connectivity index (χ3n) is 4.22. The summed E-state index contributed by atoms with van der Waals surface area (Å²) < 4.78 is 65.4. The number of benzene rings is 2. The fourth-order valence-corrected chi connectivity index (χ4v) is 4.61. The van der Waals surface area contributed by atoms with E-state index in [1.807, 2.05) is 0 Å². The third kappa shape index (κ3) is 7.00. The molecule has 0 fully saturated rings. The van der Waals surface area contributed by atoms with Gasteiger partial charge in [-0.05, 0) is 51.1 Å². The highest BCUT2D eigenvalue weighted by Gasteiger charge is 2.29. The second-order valence-electron chi connectivity index (χ2n) is 6.78. The molecular weight excluding hydrogens is 444 g/mol. The van der Waals surface area contributed by atoms with Gasteiger partial charge in [0.05, 0.1) is 16.9 Å². The molecule has 2 aromatic rings. The summed E-state index contributed by atoms with van der Waals surface area (Å²) >= 11 is 0. The summed E-state index contributed by atoms with van der Waals surface area (Å²) in [7, 11) is -7.35. The molecule has 8 nitrogen and oxygen atoms in total. The van der Waals surface area contributed by atoms with E-state index in [9.17, 15) is 21.6 Å². The van der Waals surface area contributed by atoms with Crippen LogP contribution in [0.4, 0.5) is 0 Å². The zero-order valence-electron chi connectivity index (χ0n) is 17.5. The number of esters is 1. The van der Waals surface area contributed by atoms with Gasteiger partial charge >= 0.3 is 5.97 Å². The van der Waals surface area contributed by atoms with E-state index in [1.54, 1.807) is 38.1 Å². The molecule has 0 aliphatic heterocycles. The minimum Gasteiger partial charge on any atom is -0.466 e. The lowest BCUT2D eigenvalue weighted by molar-refractivity contribution is -0.134. The molecule has 0 spiro atoms. The third-order valence-corrected chi connectivity index (χ3v) is 6.95. The molecule has 0 aliphatic rings. The molecule has 0 bridgehead atoms. The average molecular weight is 469 g/mol. The summed E-state index contributed by atoms with van der Waals surface area (Å²) in [6.07, 6.45) is -0.696. The zero-order chi connectivity index (χ0) is 23.2. The smallest absolute Gasteiger partial charge is 0.330 e. The van der Waals surface area contributed by atoms with Crippen molar-refractivity contribution in [3.05, 3.63) is 71.8 Å². The Balaban J connectivity index is 2.31. The van der Waals surface area contributed by atoms with Gasteiger partial charge in [-0.25, -0.2) is 4.79 Å². The van der Waals surface area contributed by atoms with Gasteiger partial charge in [-0.15, -0.1) is 0 Å². The van der Waals surface area contributed by atoms with Gasteiger partial charge in [-0.3, -0.25) is 8.37 Å². The van der Waals surface area contributed by atoms with Crippen molar-refractivity contribution in [2.24, 2.45) is 0 Å². The molecule has 168 valence electrons. The second kappa shape index (κ2) is 10.2. The van der Waals surface area contributed by atoms with E-state index in [-0.39, 0.29) is 9.79 Å². The molecule has 0 N–H and O–H groups in total. The van der Waals surface area contributed by atoms with Crippen molar-refractivity contribution >= 4 is 26.2 Å². The normalized spacial score (nSPS) is 14.3. The van der Waals surface area contributed by atoms with Crippen LogP contribution in [0.1, 0.15) is 18.1 Å². The van der Waals surface area contributed by atoms with Gasteiger partial charge in [0.25, 0.3) is 20.2 Å². The first-order valence-corrected chi connectivity index (χ1v) is 12.0. The molecule has 0 radical (unpaired) electrons. The van der Waals surface area contributed by atoms with Crippen LogP contribution in [0.15, 0.2) is 70.5 Å². The van der Waals surface area contributed by atoms with Crippen molar-refractivity contribution in [3.63, 3.8) is 0 Å². The van der Waals surface area contributed by atoms with Gasteiger partial charge in [0.15, 0.2) is 0 Å². The molecule has 0 amide bonds. The lowest BCUT2D eigenvalue weighted by Gasteiger charge is -2.21. The van der Waals surface area contributed by atoms with E-state index in [0.29, 0.717) is 0 Å². The van der Waals surface area contributed by atoms with Gasteiger partial charge in [-0.2, -0.15) is 16.8 Å². The van der Waals surface area contributed by atoms with E-state index < -0.39 is 38.4 Å². The lowest BCUT2D eigenvalue weighted by Crippen LogP contribution is -2.32. The van der Waals surface area contributed by atoms with Gasteiger partial charge < -0.3 is 4.74 Å². The molecule has 10 heteroatoms. The second-order valence-corrected chi connectivity index (χ2v) is 9.92. The van der Waals surface area contributed by atoms with Crippen molar-refractivity contribution in [2.75, 3.05) is 7.11 Å². The number of rotatable bonds is 9. The fraction of sp³-hybridized carbons (Fsp3) is 0.286. The fourth-order valence-electron chi connectivity index (χ4n) is 2.43. The molecular formula is C21H24O8S2.